The number of aromatic amines is 1. The number of amides is 3. The molecule has 0 spiro atoms. The third-order valence-corrected chi connectivity index (χ3v) is 7.99. The zero-order chi connectivity index (χ0) is 31.6. The molecule has 0 aliphatic rings. The number of hydrogen-bond acceptors (Lipinski definition) is 8. The summed E-state index contributed by atoms with van der Waals surface area (Å²) in [5.74, 6) is -1.93. The number of amidine groups is 1. The minimum atomic E-state index is -3.85. The lowest BCUT2D eigenvalue weighted by molar-refractivity contribution is -0.130. The number of aromatic nitrogens is 1. The Kier molecular flexibility index (Phi) is 11.6. The summed E-state index contributed by atoms with van der Waals surface area (Å²) in [7, 11) is -3.85. The van der Waals surface area contributed by atoms with Crippen molar-refractivity contribution in [2.45, 2.75) is 44.8 Å². The van der Waals surface area contributed by atoms with Crippen molar-refractivity contribution in [2.75, 3.05) is 19.0 Å². The number of nitrogen functional groups attached to an aromatic ring is 1. The first kappa shape index (κ1) is 33.0. The Morgan fingerprint density at radius 3 is 2.42 bits per heavy atom. The van der Waals surface area contributed by atoms with Crippen molar-refractivity contribution in [1.29, 1.82) is 5.41 Å². The molecule has 14 nitrogen and oxygen atoms in total. The van der Waals surface area contributed by atoms with E-state index in [1.807, 2.05) is 0 Å². The highest BCUT2D eigenvalue weighted by Crippen LogP contribution is 2.25. The Balaban J connectivity index is 1.81. The standard InChI is InChI=1S/C28H37N7O7S/c1-2-43(40,41)35-24(13-19-16-32-22-8-7-20(14-21(19)22)42-12-11-36)28(39)34-23(9-10-25(29)37)27(38)33-15-17-3-5-18(6-4-17)26(30)31/h3-8,14,16,23-24,32,35-36H,2,9-13,15H2,1H3,(H2,29,37)(H3,30,31)(H,33,38)(H,34,39)/t23-,24+/m0/s1. The molecule has 0 radical (unpaired) electrons. The van der Waals surface area contributed by atoms with Crippen molar-refractivity contribution in [1.82, 2.24) is 20.3 Å². The lowest BCUT2D eigenvalue weighted by atomic mass is 10.0. The van der Waals surface area contributed by atoms with Gasteiger partial charge in [0, 0.05) is 35.6 Å². The van der Waals surface area contributed by atoms with Gasteiger partial charge in [0.2, 0.25) is 27.7 Å². The molecule has 3 rings (SSSR count). The fraction of sp³-hybridized carbons (Fsp3) is 0.357. The van der Waals surface area contributed by atoms with Crippen LogP contribution in [0.5, 0.6) is 5.75 Å². The number of rotatable bonds is 17. The number of nitrogens with one attached hydrogen (secondary N) is 5. The first-order chi connectivity index (χ1) is 20.4. The van der Waals surface area contributed by atoms with Gasteiger partial charge in [0.25, 0.3) is 0 Å². The fourth-order valence-corrected chi connectivity index (χ4v) is 5.02. The number of fused-ring (bicyclic) bond motifs is 1. The van der Waals surface area contributed by atoms with Gasteiger partial charge in [0.1, 0.15) is 30.3 Å². The Hall–Kier alpha value is -4.47. The van der Waals surface area contributed by atoms with Gasteiger partial charge in [0.15, 0.2) is 0 Å². The average Bonchev–Trinajstić information content (AvgIpc) is 3.38. The zero-order valence-electron chi connectivity index (χ0n) is 23.7. The van der Waals surface area contributed by atoms with E-state index in [4.69, 9.17) is 26.7 Å². The fourth-order valence-electron chi connectivity index (χ4n) is 4.23. The number of sulfonamides is 1. The molecular weight excluding hydrogens is 578 g/mol. The van der Waals surface area contributed by atoms with E-state index in [-0.39, 0.29) is 50.6 Å². The van der Waals surface area contributed by atoms with Crippen molar-refractivity contribution >= 4 is 44.5 Å². The lowest BCUT2D eigenvalue weighted by Crippen LogP contribution is -2.54. The number of carbonyl (C=O) groups excluding carboxylic acids is 3. The maximum absolute atomic E-state index is 13.5. The van der Waals surface area contributed by atoms with Gasteiger partial charge < -0.3 is 36.9 Å². The predicted molar refractivity (Wildman–Crippen MR) is 161 cm³/mol. The van der Waals surface area contributed by atoms with Crippen molar-refractivity contribution in [3.8, 4) is 5.75 Å². The van der Waals surface area contributed by atoms with Crippen LogP contribution >= 0.6 is 0 Å². The van der Waals surface area contributed by atoms with Crippen LogP contribution in [0.1, 0.15) is 36.5 Å². The number of H-pyrrole nitrogens is 1. The van der Waals surface area contributed by atoms with Crippen molar-refractivity contribution in [3.63, 3.8) is 0 Å². The van der Waals surface area contributed by atoms with Crippen LogP contribution in [-0.2, 0) is 37.4 Å². The number of nitrogens with two attached hydrogens (primary N) is 2. The molecule has 1 aromatic heterocycles. The molecule has 0 fully saturated rings. The van der Waals surface area contributed by atoms with E-state index in [9.17, 15) is 22.8 Å². The molecule has 232 valence electrons. The first-order valence-electron chi connectivity index (χ1n) is 13.6. The molecule has 0 saturated heterocycles. The molecule has 3 amide bonds. The summed E-state index contributed by atoms with van der Waals surface area (Å²) in [5, 5.41) is 22.5. The van der Waals surface area contributed by atoms with Gasteiger partial charge in [0.05, 0.1) is 12.4 Å². The molecule has 15 heteroatoms. The summed E-state index contributed by atoms with van der Waals surface area (Å²) in [4.78, 5) is 41.2. The van der Waals surface area contributed by atoms with Gasteiger partial charge in [-0.2, -0.15) is 0 Å². The minimum absolute atomic E-state index is 0.0683. The van der Waals surface area contributed by atoms with Gasteiger partial charge >= 0.3 is 0 Å². The Labute approximate surface area is 249 Å². The van der Waals surface area contributed by atoms with Crippen molar-refractivity contribution in [3.05, 3.63) is 65.4 Å². The van der Waals surface area contributed by atoms with Crippen molar-refractivity contribution < 1.29 is 32.6 Å². The second-order valence-electron chi connectivity index (χ2n) is 9.77. The number of aliphatic hydroxyl groups is 1. The Morgan fingerprint density at radius 2 is 1.79 bits per heavy atom. The molecular formula is C28H37N7O7S. The molecule has 10 N–H and O–H groups in total. The predicted octanol–water partition coefficient (Wildman–Crippen LogP) is -0.260. The summed E-state index contributed by atoms with van der Waals surface area (Å²) in [6, 6.07) is 9.33. The van der Waals surface area contributed by atoms with E-state index < -0.39 is 39.8 Å². The smallest absolute Gasteiger partial charge is 0.242 e. The lowest BCUT2D eigenvalue weighted by Gasteiger charge is -2.23. The van der Waals surface area contributed by atoms with E-state index in [1.165, 1.54) is 6.92 Å². The molecule has 0 unspecified atom stereocenters. The molecule has 2 atom stereocenters. The number of primary amides is 1. The number of hydrogen-bond donors (Lipinski definition) is 8. The topological polar surface area (TPSA) is 243 Å². The molecule has 43 heavy (non-hydrogen) atoms. The third-order valence-electron chi connectivity index (χ3n) is 6.59. The molecule has 0 aliphatic heterocycles. The van der Waals surface area contributed by atoms with Crippen LogP contribution in [0.25, 0.3) is 10.9 Å². The summed E-state index contributed by atoms with van der Waals surface area (Å²) < 4.78 is 33.0. The third kappa shape index (κ3) is 9.80. The first-order valence-corrected chi connectivity index (χ1v) is 15.2. The van der Waals surface area contributed by atoms with E-state index in [0.29, 0.717) is 27.8 Å². The van der Waals surface area contributed by atoms with Gasteiger partial charge in [-0.05, 0) is 49.1 Å². The van der Waals surface area contributed by atoms with Crippen LogP contribution in [0.4, 0.5) is 0 Å². The second-order valence-corrected chi connectivity index (χ2v) is 11.8. The minimum Gasteiger partial charge on any atom is -0.491 e. The average molecular weight is 616 g/mol. The number of aliphatic hydroxyl groups excluding tert-OH is 1. The largest absolute Gasteiger partial charge is 0.491 e. The maximum atomic E-state index is 13.5. The normalized spacial score (nSPS) is 12.8. The highest BCUT2D eigenvalue weighted by atomic mass is 32.2. The highest BCUT2D eigenvalue weighted by Gasteiger charge is 2.29. The quantitative estimate of drug-likeness (QED) is 0.0741. The monoisotopic (exact) mass is 615 g/mol. The zero-order valence-corrected chi connectivity index (χ0v) is 24.5. The molecule has 2 aromatic carbocycles. The van der Waals surface area contributed by atoms with Crippen LogP contribution in [0.15, 0.2) is 48.7 Å². The Bertz CT molecular complexity index is 1560. The van der Waals surface area contributed by atoms with Crippen LogP contribution < -0.4 is 31.6 Å². The summed E-state index contributed by atoms with van der Waals surface area (Å²) >= 11 is 0. The molecule has 0 saturated carbocycles. The molecule has 1 heterocycles. The van der Waals surface area contributed by atoms with Crippen LogP contribution in [-0.4, -0.2) is 73.1 Å². The summed E-state index contributed by atoms with van der Waals surface area (Å²) in [6.07, 6.45) is 1.27. The van der Waals surface area contributed by atoms with Crippen LogP contribution in [0.3, 0.4) is 0 Å². The second kappa shape index (κ2) is 15.1. The Morgan fingerprint density at radius 1 is 1.07 bits per heavy atom. The van der Waals surface area contributed by atoms with Gasteiger partial charge in [-0.3, -0.25) is 19.8 Å². The van der Waals surface area contributed by atoms with Gasteiger partial charge in [-0.25, -0.2) is 13.1 Å². The summed E-state index contributed by atoms with van der Waals surface area (Å²) in [5.41, 5.74) is 13.3. The van der Waals surface area contributed by atoms with E-state index in [1.54, 1.807) is 48.7 Å². The summed E-state index contributed by atoms with van der Waals surface area (Å²) in [6.45, 7) is 1.43. The maximum Gasteiger partial charge on any atom is 0.242 e. The number of carbonyl (C=O) groups is 3. The van der Waals surface area contributed by atoms with Crippen molar-refractivity contribution in [2.24, 2.45) is 11.5 Å². The van der Waals surface area contributed by atoms with E-state index in [0.717, 1.165) is 5.52 Å². The molecule has 3 aromatic rings. The van der Waals surface area contributed by atoms with E-state index >= 15 is 0 Å². The molecule has 0 aliphatic carbocycles. The molecule has 0 bridgehead atoms. The SMILES string of the molecule is CCS(=O)(=O)N[C@H](Cc1c[nH]c2ccc(OCCO)cc12)C(=O)N[C@@H](CCC(N)=O)C(=O)NCc1ccc(C(=N)N)cc1. The van der Waals surface area contributed by atoms with E-state index in [2.05, 4.69) is 20.3 Å². The van der Waals surface area contributed by atoms with Crippen LogP contribution in [0, 0.1) is 5.41 Å². The van der Waals surface area contributed by atoms with Gasteiger partial charge in [-0.1, -0.05) is 24.3 Å². The highest BCUT2D eigenvalue weighted by molar-refractivity contribution is 7.89. The number of ether oxygens (including phenoxy) is 1. The van der Waals surface area contributed by atoms with Gasteiger partial charge in [-0.15, -0.1) is 0 Å². The van der Waals surface area contributed by atoms with Crippen LogP contribution in [0.2, 0.25) is 0 Å². The number of benzene rings is 2.